The summed E-state index contributed by atoms with van der Waals surface area (Å²) in [5.74, 6) is 0.697. The molecule has 2 heterocycles. The molecule has 0 radical (unpaired) electrons. The SMILES string of the molecule is Cc1ccc2c(c1)CN(C(N)=NC1CCCNC1)C2. The van der Waals surface area contributed by atoms with Crippen molar-refractivity contribution in [3.05, 3.63) is 34.9 Å². The van der Waals surface area contributed by atoms with Crippen molar-refractivity contribution in [2.24, 2.45) is 10.7 Å². The minimum Gasteiger partial charge on any atom is -0.370 e. The van der Waals surface area contributed by atoms with Gasteiger partial charge in [-0.3, -0.25) is 0 Å². The lowest BCUT2D eigenvalue weighted by Gasteiger charge is -2.22. The number of fused-ring (bicyclic) bond motifs is 1. The molecule has 1 saturated heterocycles. The number of piperidine rings is 1. The number of benzene rings is 1. The van der Waals surface area contributed by atoms with Crippen LogP contribution in [0, 0.1) is 6.92 Å². The minimum atomic E-state index is 0.346. The van der Waals surface area contributed by atoms with Crippen LogP contribution in [-0.4, -0.2) is 30.0 Å². The van der Waals surface area contributed by atoms with E-state index in [-0.39, 0.29) is 0 Å². The van der Waals surface area contributed by atoms with Gasteiger partial charge in [-0.25, -0.2) is 4.99 Å². The largest absolute Gasteiger partial charge is 0.370 e. The number of nitrogens with one attached hydrogen (secondary N) is 1. The van der Waals surface area contributed by atoms with E-state index < -0.39 is 0 Å². The Morgan fingerprint density at radius 2 is 2.21 bits per heavy atom. The zero-order valence-corrected chi connectivity index (χ0v) is 11.5. The van der Waals surface area contributed by atoms with E-state index in [0.717, 1.165) is 32.6 Å². The number of guanidine groups is 1. The molecule has 1 atom stereocenters. The third-order valence-electron chi connectivity index (χ3n) is 3.99. The van der Waals surface area contributed by atoms with Crippen LogP contribution in [0.15, 0.2) is 23.2 Å². The van der Waals surface area contributed by atoms with Gasteiger partial charge in [0.05, 0.1) is 6.04 Å². The summed E-state index contributed by atoms with van der Waals surface area (Å²) >= 11 is 0. The topological polar surface area (TPSA) is 53.6 Å². The van der Waals surface area contributed by atoms with Crippen LogP contribution in [0.4, 0.5) is 0 Å². The molecular formula is C15H22N4. The Morgan fingerprint density at radius 1 is 1.37 bits per heavy atom. The molecule has 0 bridgehead atoms. The smallest absolute Gasteiger partial charge is 0.192 e. The van der Waals surface area contributed by atoms with Gasteiger partial charge in [-0.1, -0.05) is 23.8 Å². The van der Waals surface area contributed by atoms with Crippen LogP contribution >= 0.6 is 0 Å². The number of hydrogen-bond acceptors (Lipinski definition) is 2. The molecule has 4 heteroatoms. The molecular weight excluding hydrogens is 236 g/mol. The predicted molar refractivity (Wildman–Crippen MR) is 77.9 cm³/mol. The molecule has 1 unspecified atom stereocenters. The molecule has 1 fully saturated rings. The lowest BCUT2D eigenvalue weighted by atomic mass is 10.1. The summed E-state index contributed by atoms with van der Waals surface area (Å²) in [6.07, 6.45) is 2.34. The third-order valence-corrected chi connectivity index (χ3v) is 3.99. The van der Waals surface area contributed by atoms with Crippen LogP contribution in [0.2, 0.25) is 0 Å². The quantitative estimate of drug-likeness (QED) is 0.591. The standard InChI is InChI=1S/C15H22N4/c1-11-4-5-12-9-19(10-13(12)7-11)15(16)18-14-3-2-6-17-8-14/h4-5,7,14,17H,2-3,6,8-10H2,1H3,(H2,16,18). The average molecular weight is 258 g/mol. The normalized spacial score (nSPS) is 23.5. The molecule has 3 N–H and O–H groups in total. The van der Waals surface area contributed by atoms with Crippen molar-refractivity contribution in [3.63, 3.8) is 0 Å². The molecule has 3 rings (SSSR count). The summed E-state index contributed by atoms with van der Waals surface area (Å²) in [4.78, 5) is 6.86. The van der Waals surface area contributed by atoms with Gasteiger partial charge in [-0.05, 0) is 37.4 Å². The number of rotatable bonds is 1. The fraction of sp³-hybridized carbons (Fsp3) is 0.533. The Balaban J connectivity index is 1.69. The van der Waals surface area contributed by atoms with E-state index in [1.54, 1.807) is 0 Å². The van der Waals surface area contributed by atoms with Crippen molar-refractivity contribution >= 4 is 5.96 Å². The highest BCUT2D eigenvalue weighted by molar-refractivity contribution is 5.79. The highest BCUT2D eigenvalue weighted by atomic mass is 15.3. The lowest BCUT2D eigenvalue weighted by Crippen LogP contribution is -2.38. The average Bonchev–Trinajstić information content (AvgIpc) is 2.83. The van der Waals surface area contributed by atoms with Crippen LogP contribution in [0.25, 0.3) is 0 Å². The van der Waals surface area contributed by atoms with Gasteiger partial charge in [0.2, 0.25) is 0 Å². The summed E-state index contributed by atoms with van der Waals surface area (Å²) < 4.78 is 0. The first-order chi connectivity index (χ1) is 9.22. The molecule has 19 heavy (non-hydrogen) atoms. The Morgan fingerprint density at radius 3 is 3.00 bits per heavy atom. The first-order valence-electron chi connectivity index (χ1n) is 7.10. The van der Waals surface area contributed by atoms with Crippen LogP contribution in [0.3, 0.4) is 0 Å². The van der Waals surface area contributed by atoms with E-state index in [2.05, 4.69) is 40.3 Å². The maximum Gasteiger partial charge on any atom is 0.192 e. The van der Waals surface area contributed by atoms with E-state index in [0.29, 0.717) is 12.0 Å². The summed E-state index contributed by atoms with van der Waals surface area (Å²) in [6.45, 7) is 5.99. The van der Waals surface area contributed by atoms with E-state index in [9.17, 15) is 0 Å². The zero-order valence-electron chi connectivity index (χ0n) is 11.5. The molecule has 0 spiro atoms. The molecule has 0 aliphatic carbocycles. The van der Waals surface area contributed by atoms with Gasteiger partial charge in [0, 0.05) is 19.6 Å². The van der Waals surface area contributed by atoms with Crippen molar-refractivity contribution < 1.29 is 0 Å². The first-order valence-corrected chi connectivity index (χ1v) is 7.10. The zero-order chi connectivity index (χ0) is 13.2. The van der Waals surface area contributed by atoms with E-state index in [1.807, 2.05) is 0 Å². The van der Waals surface area contributed by atoms with Gasteiger partial charge in [-0.2, -0.15) is 0 Å². The highest BCUT2D eigenvalue weighted by Crippen LogP contribution is 2.23. The molecule has 2 aliphatic rings. The molecule has 4 nitrogen and oxygen atoms in total. The maximum absolute atomic E-state index is 6.18. The third kappa shape index (κ3) is 2.73. The number of nitrogens with two attached hydrogens (primary N) is 1. The summed E-state index contributed by atoms with van der Waals surface area (Å²) in [7, 11) is 0. The second-order valence-electron chi connectivity index (χ2n) is 5.62. The van der Waals surface area contributed by atoms with Crippen LogP contribution in [-0.2, 0) is 13.1 Å². The molecule has 1 aromatic rings. The number of nitrogens with zero attached hydrogens (tertiary/aromatic N) is 2. The van der Waals surface area contributed by atoms with E-state index >= 15 is 0 Å². The molecule has 102 valence electrons. The van der Waals surface area contributed by atoms with E-state index in [4.69, 9.17) is 5.73 Å². The second kappa shape index (κ2) is 5.21. The van der Waals surface area contributed by atoms with Crippen molar-refractivity contribution in [1.29, 1.82) is 0 Å². The Kier molecular flexibility index (Phi) is 3.42. The van der Waals surface area contributed by atoms with Gasteiger partial charge in [-0.15, -0.1) is 0 Å². The lowest BCUT2D eigenvalue weighted by molar-refractivity contribution is 0.419. The Bertz CT molecular complexity index is 489. The van der Waals surface area contributed by atoms with E-state index in [1.165, 1.54) is 23.1 Å². The van der Waals surface area contributed by atoms with Crippen molar-refractivity contribution in [3.8, 4) is 0 Å². The minimum absolute atomic E-state index is 0.346. The number of hydrogen-bond donors (Lipinski definition) is 2. The number of aryl methyl sites for hydroxylation is 1. The van der Waals surface area contributed by atoms with Gasteiger partial charge >= 0.3 is 0 Å². The van der Waals surface area contributed by atoms with Gasteiger partial charge < -0.3 is 16.0 Å². The van der Waals surface area contributed by atoms with Gasteiger partial charge in [0.1, 0.15) is 0 Å². The molecule has 1 aromatic carbocycles. The molecule has 0 aromatic heterocycles. The molecule has 0 amide bonds. The summed E-state index contributed by atoms with van der Waals surface area (Å²) in [6, 6.07) is 6.98. The number of aliphatic imine (C=N–C) groups is 1. The van der Waals surface area contributed by atoms with Crippen LogP contribution in [0.5, 0.6) is 0 Å². The summed E-state index contributed by atoms with van der Waals surface area (Å²) in [5, 5.41) is 3.37. The Hall–Kier alpha value is -1.55. The van der Waals surface area contributed by atoms with Gasteiger partial charge in [0.15, 0.2) is 5.96 Å². The summed E-state index contributed by atoms with van der Waals surface area (Å²) in [5.41, 5.74) is 10.3. The van der Waals surface area contributed by atoms with Crippen molar-refractivity contribution in [2.75, 3.05) is 13.1 Å². The fourth-order valence-corrected chi connectivity index (χ4v) is 2.90. The van der Waals surface area contributed by atoms with Crippen LogP contribution in [0.1, 0.15) is 29.5 Å². The molecule has 2 aliphatic heterocycles. The first kappa shape index (κ1) is 12.5. The van der Waals surface area contributed by atoms with Crippen molar-refractivity contribution in [1.82, 2.24) is 10.2 Å². The second-order valence-corrected chi connectivity index (χ2v) is 5.62. The Labute approximate surface area is 114 Å². The fourth-order valence-electron chi connectivity index (χ4n) is 2.90. The van der Waals surface area contributed by atoms with Gasteiger partial charge in [0.25, 0.3) is 0 Å². The maximum atomic E-state index is 6.18. The molecule has 0 saturated carbocycles. The predicted octanol–water partition coefficient (Wildman–Crippen LogP) is 1.38. The van der Waals surface area contributed by atoms with Crippen molar-refractivity contribution in [2.45, 2.75) is 38.9 Å². The van der Waals surface area contributed by atoms with Crippen LogP contribution < -0.4 is 11.1 Å². The monoisotopic (exact) mass is 258 g/mol. The highest BCUT2D eigenvalue weighted by Gasteiger charge is 2.21.